The van der Waals surface area contributed by atoms with Gasteiger partial charge in [0.25, 0.3) is 0 Å². The van der Waals surface area contributed by atoms with Crippen LogP contribution in [0.25, 0.3) is 0 Å². The third kappa shape index (κ3) is 3.16. The van der Waals surface area contributed by atoms with Crippen LogP contribution in [0.4, 0.5) is 11.4 Å². The number of benzene rings is 2. The average molecular weight is 313 g/mol. The highest BCUT2D eigenvalue weighted by Gasteiger charge is 2.25. The molecule has 2 aromatic carbocycles. The first-order chi connectivity index (χ1) is 11.1. The van der Waals surface area contributed by atoms with Crippen LogP contribution in [-0.4, -0.2) is 24.4 Å². The number of phenols is 2. The van der Waals surface area contributed by atoms with Crippen LogP contribution < -0.4 is 9.47 Å². The molecule has 0 aliphatic rings. The van der Waals surface area contributed by atoms with Crippen LogP contribution in [0.1, 0.15) is 5.56 Å². The van der Waals surface area contributed by atoms with E-state index in [2.05, 4.69) is 10.2 Å². The fourth-order valence-corrected chi connectivity index (χ4v) is 2.06. The number of nitriles is 1. The summed E-state index contributed by atoms with van der Waals surface area (Å²) in [4.78, 5) is 0. The predicted molar refractivity (Wildman–Crippen MR) is 82.8 cm³/mol. The molecule has 7 heteroatoms. The Bertz CT molecular complexity index is 767. The Hall–Kier alpha value is -3.27. The molecule has 0 unspecified atom stereocenters. The number of nitrogens with zero attached hydrogens (tertiary/aromatic N) is 3. The molecular formula is C16H15N3O4. The Morgan fingerprint density at radius 1 is 1.00 bits per heavy atom. The molecule has 0 aromatic heterocycles. The highest BCUT2D eigenvalue weighted by Crippen LogP contribution is 2.52. The van der Waals surface area contributed by atoms with E-state index in [1.807, 2.05) is 12.1 Å². The second kappa shape index (κ2) is 7.13. The second-order valence-corrected chi connectivity index (χ2v) is 4.46. The molecular weight excluding hydrogens is 298 g/mol. The first-order valence-corrected chi connectivity index (χ1v) is 6.66. The van der Waals surface area contributed by atoms with Gasteiger partial charge in [-0.2, -0.15) is 10.4 Å². The van der Waals surface area contributed by atoms with Gasteiger partial charge >= 0.3 is 0 Å². The number of aromatic hydroxyl groups is 2. The molecule has 2 rings (SSSR count). The van der Waals surface area contributed by atoms with Crippen molar-refractivity contribution in [2.45, 2.75) is 6.42 Å². The van der Waals surface area contributed by atoms with E-state index in [0.29, 0.717) is 5.69 Å². The Labute approximate surface area is 133 Å². The van der Waals surface area contributed by atoms with Gasteiger partial charge in [-0.25, -0.2) is 0 Å². The molecule has 2 N–H and O–H groups in total. The Morgan fingerprint density at radius 2 is 1.65 bits per heavy atom. The molecule has 2 aromatic rings. The van der Waals surface area contributed by atoms with Gasteiger partial charge in [0.15, 0.2) is 28.7 Å². The van der Waals surface area contributed by atoms with Gasteiger partial charge < -0.3 is 19.7 Å². The molecule has 0 aliphatic carbocycles. The number of ether oxygens (including phenoxy) is 2. The van der Waals surface area contributed by atoms with Crippen molar-refractivity contribution in [2.75, 3.05) is 14.2 Å². The molecule has 0 amide bonds. The van der Waals surface area contributed by atoms with Crippen molar-refractivity contribution >= 4 is 11.4 Å². The van der Waals surface area contributed by atoms with Crippen molar-refractivity contribution in [3.63, 3.8) is 0 Å². The summed E-state index contributed by atoms with van der Waals surface area (Å²) in [5, 5.41) is 37.1. The number of hydrogen-bond donors (Lipinski definition) is 2. The first kappa shape index (κ1) is 16.1. The van der Waals surface area contributed by atoms with Gasteiger partial charge in [-0.05, 0) is 12.1 Å². The fraction of sp³-hybridized carbons (Fsp3) is 0.188. The van der Waals surface area contributed by atoms with Gasteiger partial charge in [0.2, 0.25) is 0 Å². The average Bonchev–Trinajstić information content (AvgIpc) is 2.58. The van der Waals surface area contributed by atoms with Crippen LogP contribution in [0.5, 0.6) is 23.0 Å². The molecule has 0 atom stereocenters. The summed E-state index contributed by atoms with van der Waals surface area (Å²) in [5.74, 6) is -0.780. The van der Waals surface area contributed by atoms with Gasteiger partial charge in [0.05, 0.1) is 38.0 Å². The Morgan fingerprint density at radius 3 is 2.22 bits per heavy atom. The molecule has 23 heavy (non-hydrogen) atoms. The zero-order chi connectivity index (χ0) is 16.8. The lowest BCUT2D eigenvalue weighted by molar-refractivity contribution is 0.339. The molecule has 0 radical (unpaired) electrons. The molecule has 0 spiro atoms. The summed E-state index contributed by atoms with van der Waals surface area (Å²) in [6, 6.07) is 10.8. The SMILES string of the molecule is COc1c(CC#N)c(O)c(O)c(N=Nc2ccccc2)c1OC. The lowest BCUT2D eigenvalue weighted by Crippen LogP contribution is -1.97. The topological polar surface area (TPSA) is 107 Å². The lowest BCUT2D eigenvalue weighted by Gasteiger charge is -2.16. The number of methoxy groups -OCH3 is 2. The molecule has 0 saturated carbocycles. The lowest BCUT2D eigenvalue weighted by atomic mass is 10.1. The van der Waals surface area contributed by atoms with Gasteiger partial charge in [-0.1, -0.05) is 18.2 Å². The maximum absolute atomic E-state index is 10.2. The maximum atomic E-state index is 10.2. The number of phenolic OH excluding ortho intramolecular Hbond substituents is 2. The van der Waals surface area contributed by atoms with Crippen LogP contribution in [0.3, 0.4) is 0 Å². The monoisotopic (exact) mass is 313 g/mol. The summed E-state index contributed by atoms with van der Waals surface area (Å²) < 4.78 is 10.4. The standard InChI is InChI=1S/C16H15N3O4/c1-22-15-11(8-9-17)13(20)14(21)12(16(15)23-2)19-18-10-6-4-3-5-7-10/h3-7,20-21H,8H2,1-2H3. The van der Waals surface area contributed by atoms with E-state index in [1.54, 1.807) is 24.3 Å². The van der Waals surface area contributed by atoms with E-state index in [0.717, 1.165) is 0 Å². The minimum absolute atomic E-state index is 0.0765. The third-order valence-corrected chi connectivity index (χ3v) is 3.12. The normalized spacial score (nSPS) is 10.5. The van der Waals surface area contributed by atoms with Crippen LogP contribution in [-0.2, 0) is 6.42 Å². The third-order valence-electron chi connectivity index (χ3n) is 3.12. The van der Waals surface area contributed by atoms with Crippen molar-refractivity contribution in [1.82, 2.24) is 0 Å². The Balaban J connectivity index is 2.61. The van der Waals surface area contributed by atoms with Crippen LogP contribution in [0.2, 0.25) is 0 Å². The number of rotatable bonds is 5. The summed E-state index contributed by atoms with van der Waals surface area (Å²) in [6.07, 6.45) is -0.158. The van der Waals surface area contributed by atoms with E-state index in [9.17, 15) is 10.2 Å². The van der Waals surface area contributed by atoms with Crippen LogP contribution >= 0.6 is 0 Å². The highest BCUT2D eigenvalue weighted by molar-refractivity contribution is 5.76. The smallest absolute Gasteiger partial charge is 0.192 e. The zero-order valence-electron chi connectivity index (χ0n) is 12.6. The second-order valence-electron chi connectivity index (χ2n) is 4.46. The van der Waals surface area contributed by atoms with Crippen molar-refractivity contribution in [3.8, 4) is 29.1 Å². The maximum Gasteiger partial charge on any atom is 0.192 e. The largest absolute Gasteiger partial charge is 0.504 e. The molecule has 7 nitrogen and oxygen atoms in total. The quantitative estimate of drug-likeness (QED) is 0.647. The van der Waals surface area contributed by atoms with Gasteiger partial charge in [0.1, 0.15) is 0 Å². The van der Waals surface area contributed by atoms with Gasteiger partial charge in [-0.3, -0.25) is 0 Å². The zero-order valence-corrected chi connectivity index (χ0v) is 12.6. The van der Waals surface area contributed by atoms with E-state index in [-0.39, 0.29) is 29.2 Å². The van der Waals surface area contributed by atoms with Crippen LogP contribution in [0.15, 0.2) is 40.6 Å². The summed E-state index contributed by atoms with van der Waals surface area (Å²) >= 11 is 0. The number of azo groups is 1. The predicted octanol–water partition coefficient (Wildman–Crippen LogP) is 3.60. The fourth-order valence-electron chi connectivity index (χ4n) is 2.06. The van der Waals surface area contributed by atoms with Crippen LogP contribution in [0, 0.1) is 11.3 Å². The van der Waals surface area contributed by atoms with Crippen molar-refractivity contribution in [2.24, 2.45) is 10.2 Å². The summed E-state index contributed by atoms with van der Waals surface area (Å²) in [6.45, 7) is 0. The minimum Gasteiger partial charge on any atom is -0.504 e. The molecule has 0 heterocycles. The summed E-state index contributed by atoms with van der Waals surface area (Å²) in [5.41, 5.74) is 0.615. The van der Waals surface area contributed by atoms with E-state index < -0.39 is 11.5 Å². The number of hydrogen-bond acceptors (Lipinski definition) is 7. The van der Waals surface area contributed by atoms with Gasteiger partial charge in [0, 0.05) is 0 Å². The molecule has 118 valence electrons. The molecule has 0 saturated heterocycles. The van der Waals surface area contributed by atoms with Crippen molar-refractivity contribution < 1.29 is 19.7 Å². The Kier molecular flexibility index (Phi) is 5.00. The van der Waals surface area contributed by atoms with E-state index in [1.165, 1.54) is 14.2 Å². The van der Waals surface area contributed by atoms with E-state index >= 15 is 0 Å². The minimum atomic E-state index is -0.521. The molecule has 0 fully saturated rings. The molecule has 0 aliphatic heterocycles. The van der Waals surface area contributed by atoms with Gasteiger partial charge in [-0.15, -0.1) is 5.11 Å². The summed E-state index contributed by atoms with van der Waals surface area (Å²) in [7, 11) is 2.74. The van der Waals surface area contributed by atoms with E-state index in [4.69, 9.17) is 14.7 Å². The molecule has 0 bridgehead atoms. The van der Waals surface area contributed by atoms with Crippen molar-refractivity contribution in [1.29, 1.82) is 5.26 Å². The first-order valence-electron chi connectivity index (χ1n) is 6.66. The highest BCUT2D eigenvalue weighted by atomic mass is 16.5. The van der Waals surface area contributed by atoms with Crippen molar-refractivity contribution in [3.05, 3.63) is 35.9 Å².